The van der Waals surface area contributed by atoms with Crippen LogP contribution in [-0.2, 0) is 4.74 Å². The van der Waals surface area contributed by atoms with E-state index in [1.54, 1.807) is 0 Å². The molecule has 0 radical (unpaired) electrons. The Labute approximate surface area is 110 Å². The quantitative estimate of drug-likeness (QED) is 0.825. The Morgan fingerprint density at radius 1 is 1.24 bits per heavy atom. The number of nitrogens with one attached hydrogen (secondary N) is 1. The fourth-order valence-electron chi connectivity index (χ4n) is 3.04. The van der Waals surface area contributed by atoms with Gasteiger partial charge in [0.15, 0.2) is 0 Å². The third kappa shape index (κ3) is 4.12. The molecule has 100 valence electrons. The highest BCUT2D eigenvalue weighted by Gasteiger charge is 2.34. The van der Waals surface area contributed by atoms with Crippen molar-refractivity contribution in [3.63, 3.8) is 0 Å². The van der Waals surface area contributed by atoms with Crippen molar-refractivity contribution >= 4 is 11.8 Å². The minimum Gasteiger partial charge on any atom is -0.384 e. The predicted octanol–water partition coefficient (Wildman–Crippen LogP) is 1.44. The van der Waals surface area contributed by atoms with Crippen LogP contribution in [0.4, 0.5) is 0 Å². The highest BCUT2D eigenvalue weighted by Crippen LogP contribution is 2.30. The van der Waals surface area contributed by atoms with Gasteiger partial charge in [-0.3, -0.25) is 0 Å². The Morgan fingerprint density at radius 3 is 2.82 bits per heavy atom. The average molecular weight is 258 g/mol. The lowest BCUT2D eigenvalue weighted by atomic mass is 9.79. The van der Waals surface area contributed by atoms with Crippen LogP contribution >= 0.6 is 11.8 Å². The first kappa shape index (κ1) is 13.7. The Hall–Kier alpha value is 0.230. The van der Waals surface area contributed by atoms with E-state index in [0.29, 0.717) is 5.41 Å². The molecule has 0 aromatic carbocycles. The molecule has 4 heteroatoms. The average Bonchev–Trinajstić information content (AvgIpc) is 2.59. The molecule has 2 heterocycles. The van der Waals surface area contributed by atoms with E-state index in [4.69, 9.17) is 4.74 Å². The van der Waals surface area contributed by atoms with E-state index in [-0.39, 0.29) is 0 Å². The summed E-state index contributed by atoms with van der Waals surface area (Å²) in [6, 6.07) is 0. The molecule has 17 heavy (non-hydrogen) atoms. The molecular weight excluding hydrogens is 232 g/mol. The van der Waals surface area contributed by atoms with Crippen LogP contribution in [0, 0.1) is 5.41 Å². The molecule has 2 saturated heterocycles. The van der Waals surface area contributed by atoms with Gasteiger partial charge in [-0.05, 0) is 44.6 Å². The molecule has 2 aliphatic heterocycles. The van der Waals surface area contributed by atoms with Crippen molar-refractivity contribution in [1.29, 1.82) is 0 Å². The summed E-state index contributed by atoms with van der Waals surface area (Å²) in [6.07, 6.45) is 3.89. The molecule has 0 aliphatic carbocycles. The lowest BCUT2D eigenvalue weighted by molar-refractivity contribution is 0.0242. The first-order valence-corrected chi connectivity index (χ1v) is 8.00. The molecule has 2 fully saturated rings. The number of piperidine rings is 1. The summed E-state index contributed by atoms with van der Waals surface area (Å²) in [5.41, 5.74) is 0.412. The Kier molecular flexibility index (Phi) is 5.60. The van der Waals surface area contributed by atoms with Crippen molar-refractivity contribution in [2.24, 2.45) is 5.41 Å². The number of thioether (sulfide) groups is 1. The summed E-state index contributed by atoms with van der Waals surface area (Å²) >= 11 is 2.11. The summed E-state index contributed by atoms with van der Waals surface area (Å²) < 4.78 is 5.50. The summed E-state index contributed by atoms with van der Waals surface area (Å²) in [6.45, 7) is 7.04. The van der Waals surface area contributed by atoms with Crippen molar-refractivity contribution in [1.82, 2.24) is 10.2 Å². The minimum absolute atomic E-state index is 0.412. The molecule has 0 saturated carbocycles. The van der Waals surface area contributed by atoms with Gasteiger partial charge in [0.05, 0.1) is 6.61 Å². The molecule has 0 amide bonds. The molecule has 0 aromatic heterocycles. The van der Waals surface area contributed by atoms with Gasteiger partial charge in [-0.1, -0.05) is 0 Å². The number of hydrogen-bond donors (Lipinski definition) is 1. The van der Waals surface area contributed by atoms with Gasteiger partial charge in [-0.15, -0.1) is 0 Å². The minimum atomic E-state index is 0.412. The van der Waals surface area contributed by atoms with Gasteiger partial charge >= 0.3 is 0 Å². The molecule has 0 atom stereocenters. The zero-order valence-electron chi connectivity index (χ0n) is 11.0. The van der Waals surface area contributed by atoms with Gasteiger partial charge in [0.1, 0.15) is 0 Å². The van der Waals surface area contributed by atoms with Crippen molar-refractivity contribution in [2.75, 3.05) is 57.9 Å². The van der Waals surface area contributed by atoms with E-state index < -0.39 is 0 Å². The van der Waals surface area contributed by atoms with Crippen LogP contribution in [0.5, 0.6) is 0 Å². The topological polar surface area (TPSA) is 24.5 Å². The molecule has 0 aromatic rings. The molecule has 2 aliphatic rings. The van der Waals surface area contributed by atoms with Crippen LogP contribution in [0.3, 0.4) is 0 Å². The highest BCUT2D eigenvalue weighted by molar-refractivity contribution is 7.99. The number of hydrogen-bond acceptors (Lipinski definition) is 4. The second-order valence-electron chi connectivity index (χ2n) is 5.43. The summed E-state index contributed by atoms with van der Waals surface area (Å²) in [4.78, 5) is 2.67. The number of ether oxygens (including phenoxy) is 1. The van der Waals surface area contributed by atoms with E-state index in [9.17, 15) is 0 Å². The summed E-state index contributed by atoms with van der Waals surface area (Å²) in [5.74, 6) is 2.65. The second kappa shape index (κ2) is 6.98. The van der Waals surface area contributed by atoms with Crippen molar-refractivity contribution in [3.05, 3.63) is 0 Å². The molecule has 2 rings (SSSR count). The first-order valence-electron chi connectivity index (χ1n) is 6.84. The fraction of sp³-hybridized carbons (Fsp3) is 1.00. The Bertz CT molecular complexity index is 206. The zero-order chi connectivity index (χ0) is 12.0. The Balaban J connectivity index is 1.90. The maximum atomic E-state index is 5.50. The van der Waals surface area contributed by atoms with Crippen LogP contribution < -0.4 is 5.32 Å². The van der Waals surface area contributed by atoms with Crippen LogP contribution in [-0.4, -0.2) is 62.8 Å². The van der Waals surface area contributed by atoms with Gasteiger partial charge in [0, 0.05) is 31.4 Å². The van der Waals surface area contributed by atoms with Crippen LogP contribution in [0.15, 0.2) is 0 Å². The lowest BCUT2D eigenvalue weighted by Crippen LogP contribution is -2.47. The number of rotatable bonds is 4. The summed E-state index contributed by atoms with van der Waals surface area (Å²) in [7, 11) is 1.85. The largest absolute Gasteiger partial charge is 0.384 e. The molecule has 0 spiro atoms. The van der Waals surface area contributed by atoms with E-state index in [2.05, 4.69) is 22.0 Å². The standard InChI is InChI=1S/C13H26N2OS/c1-16-12-13(3-5-14-6-4-13)11-15-7-2-9-17-10-8-15/h14H,2-12H2,1H3. The van der Waals surface area contributed by atoms with Crippen molar-refractivity contribution in [2.45, 2.75) is 19.3 Å². The van der Waals surface area contributed by atoms with Gasteiger partial charge in [-0.25, -0.2) is 0 Å². The third-order valence-corrected chi connectivity index (χ3v) is 5.04. The maximum absolute atomic E-state index is 5.50. The monoisotopic (exact) mass is 258 g/mol. The number of nitrogens with zero attached hydrogens (tertiary/aromatic N) is 1. The predicted molar refractivity (Wildman–Crippen MR) is 74.8 cm³/mol. The normalized spacial score (nSPS) is 26.6. The van der Waals surface area contributed by atoms with Crippen molar-refractivity contribution in [3.8, 4) is 0 Å². The van der Waals surface area contributed by atoms with Gasteiger partial charge in [0.25, 0.3) is 0 Å². The molecule has 0 unspecified atom stereocenters. The molecular formula is C13H26N2OS. The van der Waals surface area contributed by atoms with E-state index >= 15 is 0 Å². The SMILES string of the molecule is COCC1(CN2CCCSCC2)CCNCC1. The Morgan fingerprint density at radius 2 is 2.06 bits per heavy atom. The van der Waals surface area contributed by atoms with E-state index in [1.807, 2.05) is 7.11 Å². The molecule has 0 bridgehead atoms. The smallest absolute Gasteiger partial charge is 0.0531 e. The van der Waals surface area contributed by atoms with E-state index in [0.717, 1.165) is 19.7 Å². The lowest BCUT2D eigenvalue weighted by Gasteiger charge is -2.40. The maximum Gasteiger partial charge on any atom is 0.0531 e. The van der Waals surface area contributed by atoms with Gasteiger partial charge in [-0.2, -0.15) is 11.8 Å². The molecule has 1 N–H and O–H groups in total. The second-order valence-corrected chi connectivity index (χ2v) is 6.65. The molecule has 3 nitrogen and oxygen atoms in total. The fourth-order valence-corrected chi connectivity index (χ4v) is 3.97. The van der Waals surface area contributed by atoms with Gasteiger partial charge in [0.2, 0.25) is 0 Å². The third-order valence-electron chi connectivity index (χ3n) is 3.99. The van der Waals surface area contributed by atoms with Crippen LogP contribution in [0.25, 0.3) is 0 Å². The zero-order valence-corrected chi connectivity index (χ0v) is 11.9. The van der Waals surface area contributed by atoms with E-state index in [1.165, 1.54) is 50.4 Å². The van der Waals surface area contributed by atoms with Crippen molar-refractivity contribution < 1.29 is 4.74 Å². The highest BCUT2D eigenvalue weighted by atomic mass is 32.2. The summed E-state index contributed by atoms with van der Waals surface area (Å²) in [5, 5.41) is 3.47. The van der Waals surface area contributed by atoms with Crippen LogP contribution in [0.1, 0.15) is 19.3 Å². The number of methoxy groups -OCH3 is 1. The van der Waals surface area contributed by atoms with Gasteiger partial charge < -0.3 is 15.0 Å². The first-order chi connectivity index (χ1) is 8.35. The van der Waals surface area contributed by atoms with Crippen LogP contribution in [0.2, 0.25) is 0 Å².